The Hall–Kier alpha value is -1.59. The first kappa shape index (κ1) is 16.5. The number of hydrogen-bond acceptors (Lipinski definition) is 4. The average Bonchev–Trinajstić information content (AvgIpc) is 2.40. The number of hydrogen-bond donors (Lipinski definition) is 2. The Morgan fingerprint density at radius 3 is 2.45 bits per heavy atom. The van der Waals surface area contributed by atoms with Crippen molar-refractivity contribution in [1.82, 2.24) is 4.90 Å². The lowest BCUT2D eigenvalue weighted by molar-refractivity contribution is -0.120. The SMILES string of the molecule is CCC(C)(N)C(=O)Nc1ccc(OCCN(C)C)cc1. The molecule has 0 aliphatic heterocycles. The van der Waals surface area contributed by atoms with Crippen molar-refractivity contribution in [3.8, 4) is 5.75 Å². The van der Waals surface area contributed by atoms with E-state index in [9.17, 15) is 4.79 Å². The molecule has 3 N–H and O–H groups in total. The molecule has 0 fully saturated rings. The summed E-state index contributed by atoms with van der Waals surface area (Å²) in [5.41, 5.74) is 5.77. The second kappa shape index (κ2) is 7.26. The van der Waals surface area contributed by atoms with Gasteiger partial charge in [-0.25, -0.2) is 0 Å². The van der Waals surface area contributed by atoms with Gasteiger partial charge in [-0.05, 0) is 51.7 Å². The number of amides is 1. The molecule has 1 rings (SSSR count). The van der Waals surface area contributed by atoms with E-state index >= 15 is 0 Å². The number of likely N-dealkylation sites (N-methyl/N-ethyl adjacent to an activating group) is 1. The van der Waals surface area contributed by atoms with Crippen molar-refractivity contribution in [1.29, 1.82) is 0 Å². The predicted octanol–water partition coefficient (Wildman–Crippen LogP) is 1.69. The van der Waals surface area contributed by atoms with Crippen LogP contribution in [0.2, 0.25) is 0 Å². The second-order valence-corrected chi connectivity index (χ2v) is 5.40. The molecule has 1 atom stereocenters. The van der Waals surface area contributed by atoms with Crippen molar-refractivity contribution in [3.63, 3.8) is 0 Å². The summed E-state index contributed by atoms with van der Waals surface area (Å²) >= 11 is 0. The van der Waals surface area contributed by atoms with Crippen LogP contribution in [-0.4, -0.2) is 43.6 Å². The zero-order valence-electron chi connectivity index (χ0n) is 12.8. The van der Waals surface area contributed by atoms with Crippen LogP contribution in [0.5, 0.6) is 5.75 Å². The second-order valence-electron chi connectivity index (χ2n) is 5.40. The van der Waals surface area contributed by atoms with Crippen molar-refractivity contribution < 1.29 is 9.53 Å². The summed E-state index contributed by atoms with van der Waals surface area (Å²) in [5, 5.41) is 2.81. The van der Waals surface area contributed by atoms with Gasteiger partial charge in [0.2, 0.25) is 5.91 Å². The zero-order valence-corrected chi connectivity index (χ0v) is 12.8. The van der Waals surface area contributed by atoms with E-state index in [2.05, 4.69) is 10.2 Å². The Morgan fingerprint density at radius 1 is 1.35 bits per heavy atom. The molecule has 1 aromatic carbocycles. The minimum absolute atomic E-state index is 0.179. The molecule has 20 heavy (non-hydrogen) atoms. The maximum absolute atomic E-state index is 11.9. The van der Waals surface area contributed by atoms with Gasteiger partial charge in [0.05, 0.1) is 5.54 Å². The highest BCUT2D eigenvalue weighted by molar-refractivity contribution is 5.97. The topological polar surface area (TPSA) is 67.6 Å². The van der Waals surface area contributed by atoms with Crippen molar-refractivity contribution in [2.24, 2.45) is 5.73 Å². The van der Waals surface area contributed by atoms with E-state index in [1.165, 1.54) is 0 Å². The maximum atomic E-state index is 11.9. The molecule has 5 heteroatoms. The quantitative estimate of drug-likeness (QED) is 0.797. The van der Waals surface area contributed by atoms with Crippen molar-refractivity contribution in [3.05, 3.63) is 24.3 Å². The van der Waals surface area contributed by atoms with Gasteiger partial charge in [0, 0.05) is 12.2 Å². The van der Waals surface area contributed by atoms with Crippen LogP contribution >= 0.6 is 0 Å². The highest BCUT2D eigenvalue weighted by Crippen LogP contribution is 2.17. The Balaban J connectivity index is 2.52. The molecule has 5 nitrogen and oxygen atoms in total. The van der Waals surface area contributed by atoms with E-state index in [4.69, 9.17) is 10.5 Å². The third-order valence-corrected chi connectivity index (χ3v) is 3.17. The van der Waals surface area contributed by atoms with Crippen molar-refractivity contribution >= 4 is 11.6 Å². The van der Waals surface area contributed by atoms with E-state index in [1.807, 2.05) is 45.3 Å². The number of rotatable bonds is 7. The molecule has 0 aliphatic carbocycles. The van der Waals surface area contributed by atoms with Gasteiger partial charge < -0.3 is 20.7 Å². The monoisotopic (exact) mass is 279 g/mol. The molecule has 1 aromatic rings. The lowest BCUT2D eigenvalue weighted by Gasteiger charge is -2.21. The molecule has 0 aromatic heterocycles. The zero-order chi connectivity index (χ0) is 15.2. The van der Waals surface area contributed by atoms with Gasteiger partial charge in [-0.1, -0.05) is 6.92 Å². The van der Waals surface area contributed by atoms with Gasteiger partial charge in [-0.2, -0.15) is 0 Å². The third kappa shape index (κ3) is 5.19. The number of benzene rings is 1. The molecule has 0 spiro atoms. The number of anilines is 1. The number of carbonyl (C=O) groups is 1. The Kier molecular flexibility index (Phi) is 5.98. The largest absolute Gasteiger partial charge is 0.492 e. The fraction of sp³-hybridized carbons (Fsp3) is 0.533. The van der Waals surface area contributed by atoms with E-state index in [-0.39, 0.29) is 5.91 Å². The maximum Gasteiger partial charge on any atom is 0.244 e. The van der Waals surface area contributed by atoms with E-state index in [0.29, 0.717) is 13.0 Å². The van der Waals surface area contributed by atoms with Gasteiger partial charge in [-0.3, -0.25) is 4.79 Å². The fourth-order valence-electron chi connectivity index (χ4n) is 1.41. The average molecular weight is 279 g/mol. The van der Waals surface area contributed by atoms with Crippen LogP contribution in [-0.2, 0) is 4.79 Å². The van der Waals surface area contributed by atoms with Gasteiger partial charge >= 0.3 is 0 Å². The lowest BCUT2D eigenvalue weighted by atomic mass is 9.99. The molecule has 0 radical (unpaired) electrons. The number of nitrogens with zero attached hydrogens (tertiary/aromatic N) is 1. The first-order valence-corrected chi connectivity index (χ1v) is 6.83. The van der Waals surface area contributed by atoms with Crippen LogP contribution < -0.4 is 15.8 Å². The molecule has 1 amide bonds. The molecular formula is C15H25N3O2. The number of nitrogens with two attached hydrogens (primary N) is 1. The third-order valence-electron chi connectivity index (χ3n) is 3.17. The summed E-state index contributed by atoms with van der Waals surface area (Å²) in [6, 6.07) is 7.30. The summed E-state index contributed by atoms with van der Waals surface area (Å²) in [6.45, 7) is 5.11. The van der Waals surface area contributed by atoms with Crippen molar-refractivity contribution in [2.75, 3.05) is 32.6 Å². The smallest absolute Gasteiger partial charge is 0.244 e. The molecule has 0 saturated carbocycles. The molecule has 0 bridgehead atoms. The molecule has 1 unspecified atom stereocenters. The Labute approximate surface area is 121 Å². The minimum Gasteiger partial charge on any atom is -0.492 e. The van der Waals surface area contributed by atoms with Crippen LogP contribution in [0.15, 0.2) is 24.3 Å². The van der Waals surface area contributed by atoms with Crippen LogP contribution in [0.1, 0.15) is 20.3 Å². The summed E-state index contributed by atoms with van der Waals surface area (Å²) in [7, 11) is 4.00. The normalized spacial score (nSPS) is 13.9. The van der Waals surface area contributed by atoms with Crippen LogP contribution in [0.3, 0.4) is 0 Å². The van der Waals surface area contributed by atoms with Crippen LogP contribution in [0, 0.1) is 0 Å². The van der Waals surface area contributed by atoms with E-state index < -0.39 is 5.54 Å². The summed E-state index contributed by atoms with van der Waals surface area (Å²) in [4.78, 5) is 14.0. The molecular weight excluding hydrogens is 254 g/mol. The van der Waals surface area contributed by atoms with Crippen molar-refractivity contribution in [2.45, 2.75) is 25.8 Å². The highest BCUT2D eigenvalue weighted by atomic mass is 16.5. The summed E-state index contributed by atoms with van der Waals surface area (Å²) < 4.78 is 5.59. The minimum atomic E-state index is -0.846. The fourth-order valence-corrected chi connectivity index (χ4v) is 1.41. The lowest BCUT2D eigenvalue weighted by Crippen LogP contribution is -2.47. The molecule has 0 saturated heterocycles. The van der Waals surface area contributed by atoms with Gasteiger partial charge in [0.1, 0.15) is 12.4 Å². The first-order chi connectivity index (χ1) is 9.35. The number of ether oxygens (including phenoxy) is 1. The Morgan fingerprint density at radius 2 is 1.95 bits per heavy atom. The summed E-state index contributed by atoms with van der Waals surface area (Å²) in [6.07, 6.45) is 0.588. The van der Waals surface area contributed by atoms with Gasteiger partial charge in [0.25, 0.3) is 0 Å². The highest BCUT2D eigenvalue weighted by Gasteiger charge is 2.25. The molecule has 0 aliphatic rings. The van der Waals surface area contributed by atoms with Crippen LogP contribution in [0.4, 0.5) is 5.69 Å². The van der Waals surface area contributed by atoms with E-state index in [0.717, 1.165) is 18.0 Å². The molecule has 0 heterocycles. The standard InChI is InChI=1S/C15H25N3O2/c1-5-15(2,16)14(19)17-12-6-8-13(9-7-12)20-11-10-18(3)4/h6-9H,5,10-11,16H2,1-4H3,(H,17,19). The first-order valence-electron chi connectivity index (χ1n) is 6.83. The predicted molar refractivity (Wildman–Crippen MR) is 82.0 cm³/mol. The van der Waals surface area contributed by atoms with Crippen LogP contribution in [0.25, 0.3) is 0 Å². The number of nitrogens with one attached hydrogen (secondary N) is 1. The van der Waals surface area contributed by atoms with Gasteiger partial charge in [-0.15, -0.1) is 0 Å². The Bertz CT molecular complexity index is 427. The number of carbonyl (C=O) groups excluding carboxylic acids is 1. The van der Waals surface area contributed by atoms with Gasteiger partial charge in [0.15, 0.2) is 0 Å². The summed E-state index contributed by atoms with van der Waals surface area (Å²) in [5.74, 6) is 0.608. The molecule has 112 valence electrons. The van der Waals surface area contributed by atoms with E-state index in [1.54, 1.807) is 6.92 Å².